The summed E-state index contributed by atoms with van der Waals surface area (Å²) in [6.07, 6.45) is 2.76. The van der Waals surface area contributed by atoms with Crippen LogP contribution in [-0.4, -0.2) is 63.3 Å². The Morgan fingerprint density at radius 1 is 0.833 bits per heavy atom. The number of aryl methyl sites for hydroxylation is 1. The highest BCUT2D eigenvalue weighted by Gasteiger charge is 2.25. The number of hydrogen-bond donors (Lipinski definition) is 2. The number of nitrogens with zero attached hydrogens (tertiary/aromatic N) is 1. The van der Waals surface area contributed by atoms with Gasteiger partial charge in [-0.3, -0.25) is 9.52 Å². The van der Waals surface area contributed by atoms with Crippen molar-refractivity contribution < 1.29 is 40.0 Å². The third kappa shape index (κ3) is 8.26. The normalized spacial score (nSPS) is 13.6. The lowest BCUT2D eigenvalue weighted by Gasteiger charge is -2.30. The lowest BCUT2D eigenvalue weighted by atomic mass is 10.2. The standard InChI is InChI=1S/C34H35N3O9S2/c1-24-8-13-27(14-9-24)48(41,42)46-31-16-10-25(22-32(31)44-3)11-17-34(38)35-26-12-15-29(37-18-20-45-21-19-37)33(23-26)47(39,40)36-28-6-4-5-7-30(28)43-2/h4-17,22-23,36H,18-21H2,1-3H3,(H,35,38)/b17-11+. The number of methoxy groups -OCH3 is 2. The molecule has 1 aliphatic heterocycles. The van der Waals surface area contributed by atoms with Crippen LogP contribution in [-0.2, 0) is 29.7 Å². The number of carbonyl (C=O) groups is 1. The summed E-state index contributed by atoms with van der Waals surface area (Å²) in [7, 11) is -5.42. The highest BCUT2D eigenvalue weighted by Crippen LogP contribution is 2.34. The van der Waals surface area contributed by atoms with Gasteiger partial charge in [0.25, 0.3) is 10.0 Å². The van der Waals surface area contributed by atoms with E-state index >= 15 is 0 Å². The molecule has 14 heteroatoms. The second-order valence-corrected chi connectivity index (χ2v) is 13.9. The molecule has 5 rings (SSSR count). The first-order chi connectivity index (χ1) is 23.0. The average molecular weight is 694 g/mol. The molecule has 1 aliphatic rings. The summed E-state index contributed by atoms with van der Waals surface area (Å²) in [5.74, 6) is -0.0519. The molecule has 4 aromatic carbocycles. The molecule has 1 amide bonds. The van der Waals surface area contributed by atoms with Crippen LogP contribution in [0.15, 0.2) is 101 Å². The van der Waals surface area contributed by atoms with E-state index in [1.165, 1.54) is 56.7 Å². The molecule has 0 aliphatic carbocycles. The molecule has 0 unspecified atom stereocenters. The number of rotatable bonds is 12. The smallest absolute Gasteiger partial charge is 0.339 e. The summed E-state index contributed by atoms with van der Waals surface area (Å²) < 4.78 is 77.1. The maximum atomic E-state index is 13.7. The lowest BCUT2D eigenvalue weighted by molar-refractivity contribution is -0.111. The molecule has 1 heterocycles. The molecule has 1 fully saturated rings. The molecule has 0 bridgehead atoms. The third-order valence-corrected chi connectivity index (χ3v) is 9.99. The van der Waals surface area contributed by atoms with Crippen molar-refractivity contribution in [2.75, 3.05) is 55.5 Å². The van der Waals surface area contributed by atoms with Gasteiger partial charge in [-0.15, -0.1) is 0 Å². The van der Waals surface area contributed by atoms with Gasteiger partial charge in [0, 0.05) is 24.9 Å². The zero-order valence-corrected chi connectivity index (χ0v) is 28.1. The Hall–Kier alpha value is -5.05. The average Bonchev–Trinajstić information content (AvgIpc) is 3.08. The maximum absolute atomic E-state index is 13.7. The van der Waals surface area contributed by atoms with Crippen molar-refractivity contribution in [3.8, 4) is 17.2 Å². The van der Waals surface area contributed by atoms with Crippen LogP contribution in [0, 0.1) is 6.92 Å². The van der Waals surface area contributed by atoms with Gasteiger partial charge in [0.2, 0.25) is 5.91 Å². The molecule has 0 spiro atoms. The summed E-state index contributed by atoms with van der Waals surface area (Å²) in [6, 6.07) is 22.1. The highest BCUT2D eigenvalue weighted by molar-refractivity contribution is 7.93. The minimum atomic E-state index is -4.13. The molecular weight excluding hydrogens is 659 g/mol. The van der Waals surface area contributed by atoms with Crippen LogP contribution < -0.4 is 28.6 Å². The Labute approximate surface area is 280 Å². The summed E-state index contributed by atoms with van der Waals surface area (Å²) >= 11 is 0. The van der Waals surface area contributed by atoms with E-state index in [4.69, 9.17) is 18.4 Å². The minimum Gasteiger partial charge on any atom is -0.495 e. The van der Waals surface area contributed by atoms with Gasteiger partial charge in [0.15, 0.2) is 11.5 Å². The van der Waals surface area contributed by atoms with Gasteiger partial charge in [-0.05, 0) is 73.2 Å². The van der Waals surface area contributed by atoms with E-state index in [0.29, 0.717) is 43.3 Å². The third-order valence-electron chi connectivity index (χ3n) is 7.34. The zero-order chi connectivity index (χ0) is 34.3. The first-order valence-corrected chi connectivity index (χ1v) is 17.7. The minimum absolute atomic E-state index is 0.000282. The van der Waals surface area contributed by atoms with Gasteiger partial charge in [0.05, 0.1) is 38.8 Å². The Morgan fingerprint density at radius 2 is 1.54 bits per heavy atom. The van der Waals surface area contributed by atoms with Crippen molar-refractivity contribution in [1.29, 1.82) is 0 Å². The van der Waals surface area contributed by atoms with E-state index in [1.807, 2.05) is 11.8 Å². The Bertz CT molecular complexity index is 2030. The van der Waals surface area contributed by atoms with Crippen LogP contribution in [0.5, 0.6) is 17.2 Å². The predicted molar refractivity (Wildman–Crippen MR) is 183 cm³/mol. The highest BCUT2D eigenvalue weighted by atomic mass is 32.2. The number of ether oxygens (including phenoxy) is 3. The molecule has 0 aromatic heterocycles. The van der Waals surface area contributed by atoms with Gasteiger partial charge in [-0.2, -0.15) is 8.42 Å². The van der Waals surface area contributed by atoms with Gasteiger partial charge in [0.1, 0.15) is 15.5 Å². The number of nitrogens with one attached hydrogen (secondary N) is 2. The van der Waals surface area contributed by atoms with Crippen LogP contribution in [0.2, 0.25) is 0 Å². The van der Waals surface area contributed by atoms with Crippen LogP contribution in [0.3, 0.4) is 0 Å². The van der Waals surface area contributed by atoms with Gasteiger partial charge in [-0.1, -0.05) is 35.9 Å². The van der Waals surface area contributed by atoms with Crippen LogP contribution in [0.1, 0.15) is 11.1 Å². The van der Waals surface area contributed by atoms with Crippen molar-refractivity contribution in [2.24, 2.45) is 0 Å². The zero-order valence-electron chi connectivity index (χ0n) is 26.5. The molecule has 2 N–H and O–H groups in total. The molecule has 0 atom stereocenters. The number of amides is 1. The molecule has 1 saturated heterocycles. The topological polar surface area (TPSA) is 150 Å². The predicted octanol–water partition coefficient (Wildman–Crippen LogP) is 5.07. The van der Waals surface area contributed by atoms with Crippen molar-refractivity contribution in [3.63, 3.8) is 0 Å². The number of anilines is 3. The number of carbonyl (C=O) groups excluding carboxylic acids is 1. The first kappa shape index (κ1) is 34.3. The number of para-hydroxylation sites is 2. The second-order valence-electron chi connectivity index (χ2n) is 10.7. The largest absolute Gasteiger partial charge is 0.495 e. The fourth-order valence-electron chi connectivity index (χ4n) is 4.89. The van der Waals surface area contributed by atoms with E-state index in [2.05, 4.69) is 10.0 Å². The number of benzene rings is 4. The summed E-state index contributed by atoms with van der Waals surface area (Å²) in [6.45, 7) is 3.74. The van der Waals surface area contributed by atoms with E-state index in [1.54, 1.807) is 54.6 Å². The van der Waals surface area contributed by atoms with Gasteiger partial charge < -0.3 is 28.6 Å². The lowest BCUT2D eigenvalue weighted by Crippen LogP contribution is -2.37. The van der Waals surface area contributed by atoms with Crippen LogP contribution in [0.4, 0.5) is 17.1 Å². The Morgan fingerprint density at radius 3 is 2.25 bits per heavy atom. The monoisotopic (exact) mass is 693 g/mol. The Kier molecular flexibility index (Phi) is 10.6. The Balaban J connectivity index is 1.35. The number of hydrogen-bond acceptors (Lipinski definition) is 10. The molecule has 0 saturated carbocycles. The maximum Gasteiger partial charge on any atom is 0.339 e. The number of sulfonamides is 1. The van der Waals surface area contributed by atoms with E-state index in [0.717, 1.165) is 5.56 Å². The molecule has 252 valence electrons. The quantitative estimate of drug-likeness (QED) is 0.152. The summed E-state index contributed by atoms with van der Waals surface area (Å²) in [5, 5.41) is 2.71. The fraction of sp³-hybridized carbons (Fsp3) is 0.206. The van der Waals surface area contributed by atoms with Gasteiger partial charge in [-0.25, -0.2) is 8.42 Å². The SMILES string of the molecule is COc1ccccc1NS(=O)(=O)c1cc(NC(=O)/C=C/c2ccc(OS(=O)(=O)c3ccc(C)cc3)c(OC)c2)ccc1N1CCOCC1. The molecule has 4 aromatic rings. The second kappa shape index (κ2) is 14.8. The molecular formula is C34H35N3O9S2. The van der Waals surface area contributed by atoms with Crippen molar-refractivity contribution in [3.05, 3.63) is 102 Å². The van der Waals surface area contributed by atoms with Crippen molar-refractivity contribution in [1.82, 2.24) is 0 Å². The fourth-order valence-corrected chi connectivity index (χ4v) is 7.15. The molecule has 0 radical (unpaired) electrons. The van der Waals surface area contributed by atoms with E-state index < -0.39 is 26.0 Å². The van der Waals surface area contributed by atoms with Crippen LogP contribution in [0.25, 0.3) is 6.08 Å². The van der Waals surface area contributed by atoms with E-state index in [9.17, 15) is 21.6 Å². The summed E-state index contributed by atoms with van der Waals surface area (Å²) in [5.41, 5.74) is 2.42. The number of morpholine rings is 1. The van der Waals surface area contributed by atoms with Gasteiger partial charge >= 0.3 is 10.1 Å². The van der Waals surface area contributed by atoms with Crippen molar-refractivity contribution in [2.45, 2.75) is 16.7 Å². The molecule has 48 heavy (non-hydrogen) atoms. The van der Waals surface area contributed by atoms with E-state index in [-0.39, 0.29) is 32.7 Å². The summed E-state index contributed by atoms with van der Waals surface area (Å²) in [4.78, 5) is 14.8. The van der Waals surface area contributed by atoms with Crippen LogP contribution >= 0.6 is 0 Å². The van der Waals surface area contributed by atoms with Crippen molar-refractivity contribution >= 4 is 49.2 Å². The first-order valence-electron chi connectivity index (χ1n) is 14.8. The molecule has 12 nitrogen and oxygen atoms in total.